The van der Waals surface area contributed by atoms with Crippen molar-refractivity contribution < 1.29 is 22.8 Å². The fraction of sp³-hybridized carbons (Fsp3) is 0.455. The van der Waals surface area contributed by atoms with Gasteiger partial charge in [0.2, 0.25) is 5.82 Å². The molecular weight excluding hydrogens is 467 g/mol. The first kappa shape index (κ1) is 20.6. The molecule has 12 heteroatoms. The molecule has 0 saturated heterocycles. The molecule has 0 aliphatic carbocycles. The SMILES string of the molecule is O=[N+]([O-])c1cc(F)c(COP(=O)(NCCBr)NCCBr)cc1F. The number of rotatable bonds is 10. The summed E-state index contributed by atoms with van der Waals surface area (Å²) in [6, 6.07) is 1.13. The highest BCUT2D eigenvalue weighted by Crippen LogP contribution is 2.38. The monoisotopic (exact) mass is 479 g/mol. The van der Waals surface area contributed by atoms with Crippen molar-refractivity contribution in [3.63, 3.8) is 0 Å². The summed E-state index contributed by atoms with van der Waals surface area (Å²) in [6.07, 6.45) is 0. The summed E-state index contributed by atoms with van der Waals surface area (Å²) < 4.78 is 44.9. The van der Waals surface area contributed by atoms with Crippen LogP contribution < -0.4 is 10.2 Å². The van der Waals surface area contributed by atoms with Crippen LogP contribution in [0.2, 0.25) is 0 Å². The number of nitro groups is 1. The van der Waals surface area contributed by atoms with Crippen LogP contribution in [-0.4, -0.2) is 28.7 Å². The molecule has 130 valence electrons. The van der Waals surface area contributed by atoms with Gasteiger partial charge in [-0.25, -0.2) is 14.6 Å². The zero-order valence-electron chi connectivity index (χ0n) is 11.7. The standard InChI is InChI=1S/C11H14Br2F2N3O4P/c12-1-3-16-23(21,17-4-2-13)22-7-8-5-10(15)11(18(19)20)6-9(8)14/h5-6H,1-4,7H2,(H2,16,17,21). The van der Waals surface area contributed by atoms with Crippen molar-refractivity contribution in [3.8, 4) is 0 Å². The van der Waals surface area contributed by atoms with Crippen LogP contribution >= 0.6 is 39.5 Å². The Labute approximate surface area is 148 Å². The normalized spacial score (nSPS) is 11.7. The first-order chi connectivity index (χ1) is 10.8. The number of benzene rings is 1. The third-order valence-corrected chi connectivity index (χ3v) is 5.11. The molecule has 0 radical (unpaired) electrons. The van der Waals surface area contributed by atoms with Crippen LogP contribution in [0.15, 0.2) is 12.1 Å². The van der Waals surface area contributed by atoms with Gasteiger partial charge in [0.1, 0.15) is 5.82 Å². The third kappa shape index (κ3) is 6.52. The van der Waals surface area contributed by atoms with Gasteiger partial charge >= 0.3 is 13.4 Å². The van der Waals surface area contributed by atoms with E-state index in [0.29, 0.717) is 35.9 Å². The van der Waals surface area contributed by atoms with Crippen LogP contribution in [0.1, 0.15) is 5.56 Å². The second kappa shape index (κ2) is 9.75. The Morgan fingerprint density at radius 1 is 1.17 bits per heavy atom. The summed E-state index contributed by atoms with van der Waals surface area (Å²) in [4.78, 5) is 9.51. The molecule has 0 unspecified atom stereocenters. The van der Waals surface area contributed by atoms with Gasteiger partial charge < -0.3 is 4.52 Å². The maximum atomic E-state index is 13.8. The summed E-state index contributed by atoms with van der Waals surface area (Å²) in [5, 5.41) is 16.8. The highest BCUT2D eigenvalue weighted by Gasteiger charge is 2.24. The fourth-order valence-electron chi connectivity index (χ4n) is 1.51. The molecule has 0 amide bonds. The van der Waals surface area contributed by atoms with Crippen molar-refractivity contribution in [2.24, 2.45) is 0 Å². The predicted molar refractivity (Wildman–Crippen MR) is 89.0 cm³/mol. The van der Waals surface area contributed by atoms with Gasteiger partial charge in [-0.3, -0.25) is 14.7 Å². The van der Waals surface area contributed by atoms with Crippen molar-refractivity contribution in [1.82, 2.24) is 10.2 Å². The van der Waals surface area contributed by atoms with Crippen LogP contribution in [0, 0.1) is 21.7 Å². The van der Waals surface area contributed by atoms with Crippen LogP contribution in [0.25, 0.3) is 0 Å². The van der Waals surface area contributed by atoms with Gasteiger partial charge in [-0.1, -0.05) is 31.9 Å². The molecule has 0 aliphatic heterocycles. The summed E-state index contributed by atoms with van der Waals surface area (Å²) in [6.45, 7) is 0.135. The Morgan fingerprint density at radius 3 is 2.22 bits per heavy atom. The molecule has 0 heterocycles. The second-order valence-corrected chi connectivity index (χ2v) is 7.75. The number of nitro benzene ring substituents is 1. The van der Waals surface area contributed by atoms with Crippen LogP contribution in [-0.2, 0) is 15.7 Å². The minimum absolute atomic E-state index is 0.269. The zero-order valence-corrected chi connectivity index (χ0v) is 15.8. The minimum Gasteiger partial charge on any atom is -0.301 e. The molecule has 0 fully saturated rings. The maximum Gasteiger partial charge on any atom is 0.341 e. The quantitative estimate of drug-likeness (QED) is 0.230. The van der Waals surface area contributed by atoms with Gasteiger partial charge in [-0.2, -0.15) is 4.39 Å². The summed E-state index contributed by atoms with van der Waals surface area (Å²) in [5.74, 6) is -2.20. The van der Waals surface area contributed by atoms with Gasteiger partial charge in [0, 0.05) is 29.3 Å². The summed E-state index contributed by atoms with van der Waals surface area (Å²) in [5.41, 5.74) is -1.24. The number of alkyl halides is 2. The van der Waals surface area contributed by atoms with Crippen LogP contribution in [0.4, 0.5) is 14.5 Å². The maximum absolute atomic E-state index is 13.8. The first-order valence-electron chi connectivity index (χ1n) is 6.32. The Hall–Kier alpha value is -0.450. The summed E-state index contributed by atoms with van der Waals surface area (Å²) in [7, 11) is -3.47. The van der Waals surface area contributed by atoms with E-state index in [2.05, 4.69) is 42.0 Å². The molecule has 0 bridgehead atoms. The Bertz CT molecular complexity index is 597. The van der Waals surface area contributed by atoms with E-state index in [9.17, 15) is 23.5 Å². The Balaban J connectivity index is 2.86. The fourth-order valence-corrected chi connectivity index (χ4v) is 3.95. The smallest absolute Gasteiger partial charge is 0.301 e. The van der Waals surface area contributed by atoms with E-state index in [1.54, 1.807) is 0 Å². The van der Waals surface area contributed by atoms with E-state index in [0.717, 1.165) is 0 Å². The Kier molecular flexibility index (Phi) is 8.73. The molecule has 0 spiro atoms. The Morgan fingerprint density at radius 2 is 1.74 bits per heavy atom. The van der Waals surface area contributed by atoms with Gasteiger partial charge in [0.15, 0.2) is 0 Å². The topological polar surface area (TPSA) is 93.5 Å². The van der Waals surface area contributed by atoms with Crippen molar-refractivity contribution in [2.75, 3.05) is 23.7 Å². The van der Waals surface area contributed by atoms with Crippen LogP contribution in [0.3, 0.4) is 0 Å². The molecule has 2 N–H and O–H groups in total. The highest BCUT2D eigenvalue weighted by atomic mass is 79.9. The largest absolute Gasteiger partial charge is 0.341 e. The molecule has 1 aromatic rings. The highest BCUT2D eigenvalue weighted by molar-refractivity contribution is 9.09. The van der Waals surface area contributed by atoms with E-state index in [1.165, 1.54) is 0 Å². The molecule has 7 nitrogen and oxygen atoms in total. The third-order valence-electron chi connectivity index (χ3n) is 2.54. The van der Waals surface area contributed by atoms with Gasteiger partial charge in [-0.05, 0) is 6.07 Å². The molecule has 0 aromatic heterocycles. The number of nitrogens with one attached hydrogen (secondary N) is 2. The second-order valence-electron chi connectivity index (χ2n) is 4.17. The van der Waals surface area contributed by atoms with Crippen molar-refractivity contribution >= 4 is 45.2 Å². The van der Waals surface area contributed by atoms with Gasteiger partial charge in [0.05, 0.1) is 17.6 Å². The molecule has 0 saturated carbocycles. The van der Waals surface area contributed by atoms with Crippen molar-refractivity contribution in [3.05, 3.63) is 39.4 Å². The van der Waals surface area contributed by atoms with E-state index in [-0.39, 0.29) is 5.56 Å². The molecule has 0 atom stereocenters. The van der Waals surface area contributed by atoms with E-state index >= 15 is 0 Å². The van der Waals surface area contributed by atoms with E-state index in [4.69, 9.17) is 4.52 Å². The molecule has 1 rings (SSSR count). The van der Waals surface area contributed by atoms with E-state index in [1.807, 2.05) is 0 Å². The summed E-state index contributed by atoms with van der Waals surface area (Å²) >= 11 is 6.32. The average molecular weight is 481 g/mol. The van der Waals surface area contributed by atoms with Crippen molar-refractivity contribution in [2.45, 2.75) is 6.61 Å². The minimum atomic E-state index is -3.47. The lowest BCUT2D eigenvalue weighted by molar-refractivity contribution is -0.387. The zero-order chi connectivity index (χ0) is 17.5. The van der Waals surface area contributed by atoms with Gasteiger partial charge in [-0.15, -0.1) is 0 Å². The lowest BCUT2D eigenvalue weighted by Gasteiger charge is -2.20. The van der Waals surface area contributed by atoms with E-state index < -0.39 is 36.5 Å². The predicted octanol–water partition coefficient (Wildman–Crippen LogP) is 3.47. The lowest BCUT2D eigenvalue weighted by Crippen LogP contribution is -2.27. The number of hydrogen-bond donors (Lipinski definition) is 2. The molecule has 0 aliphatic rings. The molecular formula is C11H14Br2F2N3O4P. The average Bonchev–Trinajstić information content (AvgIpc) is 2.51. The number of hydrogen-bond acceptors (Lipinski definition) is 4. The van der Waals surface area contributed by atoms with Crippen LogP contribution in [0.5, 0.6) is 0 Å². The number of nitrogens with zero attached hydrogens (tertiary/aromatic N) is 1. The first-order valence-corrected chi connectivity index (χ1v) is 10.2. The lowest BCUT2D eigenvalue weighted by atomic mass is 10.2. The van der Waals surface area contributed by atoms with Gasteiger partial charge in [0.25, 0.3) is 0 Å². The number of halogens is 4. The van der Waals surface area contributed by atoms with Crippen molar-refractivity contribution in [1.29, 1.82) is 0 Å². The molecule has 1 aromatic carbocycles. The molecule has 23 heavy (non-hydrogen) atoms.